The predicted molar refractivity (Wildman–Crippen MR) is 226 cm³/mol. The Labute approximate surface area is 308 Å². The van der Waals surface area contributed by atoms with E-state index in [-0.39, 0.29) is 0 Å². The molecule has 0 aliphatic heterocycles. The number of fused-ring (bicyclic) bond motifs is 15. The Morgan fingerprint density at radius 2 is 0.963 bits per heavy atom. The maximum absolute atomic E-state index is 5.62. The van der Waals surface area contributed by atoms with Crippen molar-refractivity contribution in [2.45, 2.75) is 0 Å². The molecule has 248 valence electrons. The minimum atomic E-state index is 0.667. The Morgan fingerprint density at radius 3 is 1.80 bits per heavy atom. The van der Waals surface area contributed by atoms with E-state index in [1.54, 1.807) is 0 Å². The van der Waals surface area contributed by atoms with Crippen molar-refractivity contribution in [1.82, 2.24) is 18.9 Å². The van der Waals surface area contributed by atoms with Gasteiger partial charge in [-0.1, -0.05) is 127 Å². The van der Waals surface area contributed by atoms with Gasteiger partial charge < -0.3 is 4.40 Å². The van der Waals surface area contributed by atoms with E-state index in [1.165, 1.54) is 81.2 Å². The number of nitrogens with zero attached hydrogens (tertiary/aromatic N) is 4. The number of hydrogen-bond donors (Lipinski definition) is 0. The first-order valence-corrected chi connectivity index (χ1v) is 18.5. The highest BCUT2D eigenvalue weighted by Crippen LogP contribution is 2.47. The number of para-hydroxylation sites is 3. The molecule has 13 rings (SSSR count). The van der Waals surface area contributed by atoms with Crippen LogP contribution < -0.4 is 0 Å². The van der Waals surface area contributed by atoms with E-state index in [4.69, 9.17) is 9.97 Å². The fraction of sp³-hybridized carbons (Fsp3) is 0. The van der Waals surface area contributed by atoms with Crippen LogP contribution in [0, 0.1) is 0 Å². The van der Waals surface area contributed by atoms with E-state index in [2.05, 4.69) is 179 Å². The lowest BCUT2D eigenvalue weighted by atomic mass is 9.94. The summed E-state index contributed by atoms with van der Waals surface area (Å²) >= 11 is 0. The van der Waals surface area contributed by atoms with Gasteiger partial charge in [0, 0.05) is 43.3 Å². The first kappa shape index (κ1) is 28.3. The number of benzene rings is 9. The zero-order valence-electron chi connectivity index (χ0n) is 29.0. The highest BCUT2D eigenvalue weighted by molar-refractivity contribution is 6.34. The monoisotopic (exact) mass is 684 g/mol. The van der Waals surface area contributed by atoms with Crippen LogP contribution in [0.15, 0.2) is 170 Å². The van der Waals surface area contributed by atoms with E-state index in [0.717, 1.165) is 33.2 Å². The lowest BCUT2D eigenvalue weighted by molar-refractivity contribution is 1.02. The summed E-state index contributed by atoms with van der Waals surface area (Å²) in [6, 6.07) is 61.6. The molecule has 0 atom stereocenters. The van der Waals surface area contributed by atoms with Crippen LogP contribution in [-0.4, -0.2) is 18.9 Å². The number of rotatable bonds is 2. The highest BCUT2D eigenvalue weighted by Gasteiger charge is 2.26. The van der Waals surface area contributed by atoms with Gasteiger partial charge in [-0.25, -0.2) is 9.97 Å². The summed E-state index contributed by atoms with van der Waals surface area (Å²) in [6.07, 6.45) is 0. The molecule has 13 aromatic rings. The molecule has 4 heterocycles. The minimum absolute atomic E-state index is 0.667. The summed E-state index contributed by atoms with van der Waals surface area (Å²) in [7, 11) is 0. The van der Waals surface area contributed by atoms with Gasteiger partial charge in [-0.15, -0.1) is 0 Å². The standard InChI is InChI=1S/C50H28N4/c1-2-14-30-27-45-38(25-29(30)13-1)41-28-40-35-19-8-11-23-43(35)54(49(40)46-37-21-9-12-24-44(37)53(45)48(41)46)50-51-42-22-10-7-20-36(42)47(52-50)39-26-31-15-3-4-16-32(31)33-17-5-6-18-34(33)39/h1-28H. The zero-order chi connectivity index (χ0) is 35.1. The molecular weight excluding hydrogens is 657 g/mol. The van der Waals surface area contributed by atoms with Crippen LogP contribution in [0.4, 0.5) is 0 Å². The summed E-state index contributed by atoms with van der Waals surface area (Å²) in [5, 5.41) is 15.7. The second-order valence-corrected chi connectivity index (χ2v) is 14.5. The molecule has 0 unspecified atom stereocenters. The third kappa shape index (κ3) is 3.57. The van der Waals surface area contributed by atoms with E-state index >= 15 is 0 Å². The molecule has 0 saturated heterocycles. The van der Waals surface area contributed by atoms with Crippen LogP contribution >= 0.6 is 0 Å². The SMILES string of the molecule is c1ccc2cc3c(cc2c1)c1cc2c4ccccc4n(-c4nc(-c5cc6ccccc6c6ccccc56)c5ccccc5n4)c2c2c4ccccc4n3c12. The molecule has 0 bridgehead atoms. The summed E-state index contributed by atoms with van der Waals surface area (Å²) in [4.78, 5) is 11.0. The molecule has 4 aromatic heterocycles. The molecule has 0 amide bonds. The Hall–Kier alpha value is -7.30. The first-order valence-electron chi connectivity index (χ1n) is 18.5. The van der Waals surface area contributed by atoms with Crippen LogP contribution in [0.1, 0.15) is 0 Å². The highest BCUT2D eigenvalue weighted by atomic mass is 15.2. The summed E-state index contributed by atoms with van der Waals surface area (Å²) < 4.78 is 4.82. The molecular formula is C50H28N4. The number of hydrogen-bond acceptors (Lipinski definition) is 2. The second kappa shape index (κ2) is 10.2. The average Bonchev–Trinajstić information content (AvgIpc) is 3.86. The Balaban J connectivity index is 1.23. The van der Waals surface area contributed by atoms with Crippen LogP contribution in [0.25, 0.3) is 120 Å². The fourth-order valence-corrected chi connectivity index (χ4v) is 9.52. The van der Waals surface area contributed by atoms with Crippen molar-refractivity contribution < 1.29 is 0 Å². The minimum Gasteiger partial charge on any atom is -0.308 e. The molecule has 0 spiro atoms. The van der Waals surface area contributed by atoms with Crippen molar-refractivity contribution in [3.05, 3.63) is 170 Å². The molecule has 0 fully saturated rings. The second-order valence-electron chi connectivity index (χ2n) is 14.5. The third-order valence-electron chi connectivity index (χ3n) is 11.8. The Bertz CT molecular complexity index is 3740. The van der Waals surface area contributed by atoms with Crippen molar-refractivity contribution >= 4 is 103 Å². The van der Waals surface area contributed by atoms with Gasteiger partial charge in [-0.2, -0.15) is 0 Å². The molecule has 0 aliphatic carbocycles. The van der Waals surface area contributed by atoms with Crippen LogP contribution in [-0.2, 0) is 0 Å². The fourth-order valence-electron chi connectivity index (χ4n) is 9.52. The van der Waals surface area contributed by atoms with Crippen molar-refractivity contribution in [2.75, 3.05) is 0 Å². The largest absolute Gasteiger partial charge is 0.308 e. The molecule has 0 aliphatic rings. The molecule has 0 saturated carbocycles. The molecule has 4 heteroatoms. The van der Waals surface area contributed by atoms with Crippen LogP contribution in [0.2, 0.25) is 0 Å². The normalized spacial score (nSPS) is 12.4. The molecule has 0 N–H and O–H groups in total. The predicted octanol–water partition coefficient (Wildman–Crippen LogP) is 13.0. The van der Waals surface area contributed by atoms with Crippen molar-refractivity contribution in [1.29, 1.82) is 0 Å². The van der Waals surface area contributed by atoms with E-state index in [0.29, 0.717) is 5.95 Å². The Morgan fingerprint density at radius 1 is 0.352 bits per heavy atom. The van der Waals surface area contributed by atoms with E-state index in [9.17, 15) is 0 Å². The van der Waals surface area contributed by atoms with Crippen LogP contribution in [0.3, 0.4) is 0 Å². The van der Waals surface area contributed by atoms with Gasteiger partial charge in [0.2, 0.25) is 5.95 Å². The molecule has 54 heavy (non-hydrogen) atoms. The molecule has 0 radical (unpaired) electrons. The van der Waals surface area contributed by atoms with Gasteiger partial charge in [-0.05, 0) is 74.8 Å². The van der Waals surface area contributed by atoms with E-state index in [1.807, 2.05) is 0 Å². The van der Waals surface area contributed by atoms with Crippen molar-refractivity contribution in [3.8, 4) is 17.2 Å². The quantitative estimate of drug-likeness (QED) is 0.170. The smallest absolute Gasteiger partial charge is 0.235 e. The summed E-state index contributed by atoms with van der Waals surface area (Å²) in [6.45, 7) is 0. The first-order chi connectivity index (χ1) is 26.8. The summed E-state index contributed by atoms with van der Waals surface area (Å²) in [5.41, 5.74) is 8.84. The molecule has 4 nitrogen and oxygen atoms in total. The number of aromatic nitrogens is 4. The van der Waals surface area contributed by atoms with Gasteiger partial charge in [0.05, 0.1) is 38.8 Å². The van der Waals surface area contributed by atoms with Gasteiger partial charge in [0.25, 0.3) is 0 Å². The zero-order valence-corrected chi connectivity index (χ0v) is 29.0. The molecule has 9 aromatic carbocycles. The lowest BCUT2D eigenvalue weighted by Gasteiger charge is -2.15. The van der Waals surface area contributed by atoms with Crippen molar-refractivity contribution in [2.24, 2.45) is 0 Å². The third-order valence-corrected chi connectivity index (χ3v) is 11.8. The van der Waals surface area contributed by atoms with E-state index < -0.39 is 0 Å². The van der Waals surface area contributed by atoms with Crippen LogP contribution in [0.5, 0.6) is 0 Å². The lowest BCUT2D eigenvalue weighted by Crippen LogP contribution is -2.04. The maximum atomic E-state index is 5.62. The van der Waals surface area contributed by atoms with Gasteiger partial charge in [0.1, 0.15) is 0 Å². The topological polar surface area (TPSA) is 35.1 Å². The van der Waals surface area contributed by atoms with Gasteiger partial charge in [0.15, 0.2) is 0 Å². The Kier molecular flexibility index (Phi) is 5.34. The van der Waals surface area contributed by atoms with Crippen molar-refractivity contribution in [3.63, 3.8) is 0 Å². The maximum Gasteiger partial charge on any atom is 0.235 e. The van der Waals surface area contributed by atoms with Gasteiger partial charge >= 0.3 is 0 Å². The summed E-state index contributed by atoms with van der Waals surface area (Å²) in [5.74, 6) is 0.667. The average molecular weight is 685 g/mol. The van der Waals surface area contributed by atoms with Gasteiger partial charge in [-0.3, -0.25) is 4.57 Å².